The summed E-state index contributed by atoms with van der Waals surface area (Å²) in [5.74, 6) is 2.06. The normalized spacial score (nSPS) is 17.1. The summed E-state index contributed by atoms with van der Waals surface area (Å²) in [6.45, 7) is 6.11. The molecule has 1 atom stereocenters. The molecule has 2 heterocycles. The smallest absolute Gasteiger partial charge is 0.125 e. The van der Waals surface area contributed by atoms with Gasteiger partial charge in [0.25, 0.3) is 0 Å². The van der Waals surface area contributed by atoms with Gasteiger partial charge in [-0.15, -0.1) is 0 Å². The van der Waals surface area contributed by atoms with Crippen LogP contribution in [0.3, 0.4) is 0 Å². The minimum Gasteiger partial charge on any atom is -0.501 e. The average Bonchev–Trinajstić information content (AvgIpc) is 2.89. The third kappa shape index (κ3) is 3.16. The van der Waals surface area contributed by atoms with Gasteiger partial charge in [0.05, 0.1) is 18.9 Å². The average molecular weight is 249 g/mol. The number of ether oxygens (including phenoxy) is 1. The van der Waals surface area contributed by atoms with Crippen LogP contribution >= 0.6 is 0 Å². The third-order valence-electron chi connectivity index (χ3n) is 3.25. The second-order valence-electron chi connectivity index (χ2n) is 4.71. The molecule has 1 unspecified atom stereocenters. The predicted octanol–water partition coefficient (Wildman–Crippen LogP) is 3.58. The Morgan fingerprint density at radius 1 is 1.33 bits per heavy atom. The van der Waals surface area contributed by atoms with Crippen molar-refractivity contribution in [2.45, 2.75) is 45.6 Å². The molecule has 0 bridgehead atoms. The van der Waals surface area contributed by atoms with Gasteiger partial charge in [-0.2, -0.15) is 0 Å². The van der Waals surface area contributed by atoms with E-state index in [2.05, 4.69) is 31.3 Å². The van der Waals surface area contributed by atoms with Crippen LogP contribution in [0.5, 0.6) is 0 Å². The summed E-state index contributed by atoms with van der Waals surface area (Å²) in [7, 11) is 0. The van der Waals surface area contributed by atoms with E-state index in [0.717, 1.165) is 50.4 Å². The Bertz CT molecular complexity index is 395. The minimum absolute atomic E-state index is 0.172. The Labute approximate surface area is 109 Å². The quantitative estimate of drug-likeness (QED) is 0.836. The Hall–Kier alpha value is -1.22. The lowest BCUT2D eigenvalue weighted by atomic mass is 10.00. The van der Waals surface area contributed by atoms with Gasteiger partial charge in [0, 0.05) is 6.42 Å². The fourth-order valence-electron chi connectivity index (χ4n) is 2.24. The first kappa shape index (κ1) is 13.2. The molecule has 1 N–H and O–H groups in total. The molecule has 0 aliphatic carbocycles. The summed E-state index contributed by atoms with van der Waals surface area (Å²) in [6, 6.07) is 4.33. The molecule has 100 valence electrons. The van der Waals surface area contributed by atoms with Crippen LogP contribution in [0.1, 0.15) is 50.7 Å². The monoisotopic (exact) mass is 249 g/mol. The molecule has 0 aromatic carbocycles. The van der Waals surface area contributed by atoms with Crippen LogP contribution in [0.15, 0.2) is 28.4 Å². The van der Waals surface area contributed by atoms with Crippen LogP contribution in [0.25, 0.3) is 0 Å². The van der Waals surface area contributed by atoms with E-state index in [1.807, 2.05) is 6.26 Å². The van der Waals surface area contributed by atoms with E-state index in [9.17, 15) is 0 Å². The molecule has 0 radical (unpaired) electrons. The molecule has 0 spiro atoms. The molecule has 2 rings (SSSR count). The van der Waals surface area contributed by atoms with E-state index in [1.165, 1.54) is 5.57 Å². The van der Waals surface area contributed by atoms with Gasteiger partial charge in [0.1, 0.15) is 11.5 Å². The van der Waals surface area contributed by atoms with E-state index in [0.29, 0.717) is 0 Å². The summed E-state index contributed by atoms with van der Waals surface area (Å²) in [6.07, 6.45) is 6.15. The minimum atomic E-state index is 0.172. The van der Waals surface area contributed by atoms with Crippen molar-refractivity contribution in [2.75, 3.05) is 13.2 Å². The van der Waals surface area contributed by atoms with Gasteiger partial charge in [-0.05, 0) is 43.5 Å². The van der Waals surface area contributed by atoms with Gasteiger partial charge in [-0.1, -0.05) is 13.8 Å². The maximum atomic E-state index is 5.89. The van der Waals surface area contributed by atoms with Crippen LogP contribution in [0.4, 0.5) is 0 Å². The number of hydrogen-bond donors (Lipinski definition) is 1. The van der Waals surface area contributed by atoms with Gasteiger partial charge < -0.3 is 14.5 Å². The molecule has 1 aliphatic rings. The van der Waals surface area contributed by atoms with Gasteiger partial charge in [-0.3, -0.25) is 0 Å². The predicted molar refractivity (Wildman–Crippen MR) is 72.4 cm³/mol. The summed E-state index contributed by atoms with van der Waals surface area (Å²) in [5, 5.41) is 3.55. The SMILES string of the molecule is CCCNC(C1=COCCC1)c1ccc(CC)o1. The van der Waals surface area contributed by atoms with Crippen molar-refractivity contribution in [3.05, 3.63) is 35.5 Å². The molecule has 0 fully saturated rings. The topological polar surface area (TPSA) is 34.4 Å². The molecule has 3 nitrogen and oxygen atoms in total. The number of nitrogens with one attached hydrogen (secondary N) is 1. The van der Waals surface area contributed by atoms with Gasteiger partial charge in [0.2, 0.25) is 0 Å². The zero-order valence-electron chi connectivity index (χ0n) is 11.4. The van der Waals surface area contributed by atoms with E-state index < -0.39 is 0 Å². The van der Waals surface area contributed by atoms with Crippen LogP contribution in [-0.4, -0.2) is 13.2 Å². The fourth-order valence-corrected chi connectivity index (χ4v) is 2.24. The van der Waals surface area contributed by atoms with Crippen LogP contribution in [-0.2, 0) is 11.2 Å². The molecular formula is C15H23NO2. The van der Waals surface area contributed by atoms with Crippen molar-refractivity contribution in [1.29, 1.82) is 0 Å². The van der Waals surface area contributed by atoms with Crippen molar-refractivity contribution in [2.24, 2.45) is 0 Å². The van der Waals surface area contributed by atoms with Crippen molar-refractivity contribution in [3.8, 4) is 0 Å². The standard InChI is InChI=1S/C15H23NO2/c1-3-9-16-15(12-6-5-10-17-11-12)14-8-7-13(4-2)18-14/h7-8,11,15-16H,3-6,9-10H2,1-2H3. The fraction of sp³-hybridized carbons (Fsp3) is 0.600. The van der Waals surface area contributed by atoms with E-state index in [4.69, 9.17) is 9.15 Å². The summed E-state index contributed by atoms with van der Waals surface area (Å²) in [5.41, 5.74) is 1.30. The molecule has 1 aliphatic heterocycles. The zero-order chi connectivity index (χ0) is 12.8. The first-order valence-electron chi connectivity index (χ1n) is 6.97. The number of furan rings is 1. The van der Waals surface area contributed by atoms with E-state index in [1.54, 1.807) is 0 Å². The maximum absolute atomic E-state index is 5.89. The van der Waals surface area contributed by atoms with Crippen molar-refractivity contribution in [3.63, 3.8) is 0 Å². The Balaban J connectivity index is 2.15. The molecular weight excluding hydrogens is 226 g/mol. The van der Waals surface area contributed by atoms with Crippen LogP contribution < -0.4 is 5.32 Å². The molecule has 0 amide bonds. The number of rotatable bonds is 6. The maximum Gasteiger partial charge on any atom is 0.125 e. The molecule has 1 aromatic rings. The van der Waals surface area contributed by atoms with Gasteiger partial charge >= 0.3 is 0 Å². The first-order valence-corrected chi connectivity index (χ1v) is 6.97. The highest BCUT2D eigenvalue weighted by atomic mass is 16.5. The number of hydrogen-bond acceptors (Lipinski definition) is 3. The van der Waals surface area contributed by atoms with Crippen molar-refractivity contribution >= 4 is 0 Å². The first-order chi connectivity index (χ1) is 8.85. The lowest BCUT2D eigenvalue weighted by Gasteiger charge is -2.22. The van der Waals surface area contributed by atoms with Crippen molar-refractivity contribution < 1.29 is 9.15 Å². The highest BCUT2D eigenvalue weighted by Crippen LogP contribution is 2.29. The molecule has 3 heteroatoms. The van der Waals surface area contributed by atoms with Crippen LogP contribution in [0.2, 0.25) is 0 Å². The second kappa shape index (κ2) is 6.64. The lowest BCUT2D eigenvalue weighted by molar-refractivity contribution is 0.217. The molecule has 0 saturated heterocycles. The highest BCUT2D eigenvalue weighted by Gasteiger charge is 2.21. The highest BCUT2D eigenvalue weighted by molar-refractivity contribution is 5.22. The van der Waals surface area contributed by atoms with E-state index in [-0.39, 0.29) is 6.04 Å². The number of aryl methyl sites for hydroxylation is 1. The van der Waals surface area contributed by atoms with Gasteiger partial charge in [-0.25, -0.2) is 0 Å². The van der Waals surface area contributed by atoms with Crippen molar-refractivity contribution in [1.82, 2.24) is 5.32 Å². The van der Waals surface area contributed by atoms with Crippen LogP contribution in [0, 0.1) is 0 Å². The lowest BCUT2D eigenvalue weighted by Crippen LogP contribution is -2.25. The Morgan fingerprint density at radius 2 is 2.22 bits per heavy atom. The Kier molecular flexibility index (Phi) is 4.88. The van der Waals surface area contributed by atoms with E-state index >= 15 is 0 Å². The summed E-state index contributed by atoms with van der Waals surface area (Å²) >= 11 is 0. The molecule has 18 heavy (non-hydrogen) atoms. The molecule has 1 aromatic heterocycles. The van der Waals surface area contributed by atoms with Gasteiger partial charge in [0.15, 0.2) is 0 Å². The second-order valence-corrected chi connectivity index (χ2v) is 4.71. The zero-order valence-corrected chi connectivity index (χ0v) is 11.4. The Morgan fingerprint density at radius 3 is 2.83 bits per heavy atom. The summed E-state index contributed by atoms with van der Waals surface area (Å²) in [4.78, 5) is 0. The summed E-state index contributed by atoms with van der Waals surface area (Å²) < 4.78 is 11.3. The third-order valence-corrected chi connectivity index (χ3v) is 3.25. The molecule has 0 saturated carbocycles. The largest absolute Gasteiger partial charge is 0.501 e.